The zero-order chi connectivity index (χ0) is 13.9. The van der Waals surface area contributed by atoms with Crippen molar-refractivity contribution in [2.24, 2.45) is 0 Å². The minimum absolute atomic E-state index is 0.156. The minimum atomic E-state index is -0.317. The molecule has 1 aromatic carbocycles. The molecule has 0 unspecified atom stereocenters. The van der Waals surface area contributed by atoms with Gasteiger partial charge in [0.2, 0.25) is 5.91 Å². The Kier molecular flexibility index (Phi) is 3.50. The number of rotatable bonds is 3. The first kappa shape index (κ1) is 12.8. The number of halogens is 1. The molecule has 0 atom stereocenters. The van der Waals surface area contributed by atoms with Crippen LogP contribution in [0.5, 0.6) is 0 Å². The first-order valence-corrected chi connectivity index (χ1v) is 6.81. The Morgan fingerprint density at radius 1 is 1.25 bits per heavy atom. The van der Waals surface area contributed by atoms with E-state index in [1.165, 1.54) is 30.5 Å². The number of fused-ring (bicyclic) bond motifs is 1. The number of carbonyl (C=O) groups is 1. The Balaban J connectivity index is 1.63. The van der Waals surface area contributed by atoms with Crippen molar-refractivity contribution in [1.82, 2.24) is 9.78 Å². The van der Waals surface area contributed by atoms with Crippen LogP contribution in [0.3, 0.4) is 0 Å². The molecule has 1 aliphatic rings. The lowest BCUT2D eigenvalue weighted by atomic mass is 9.99. The third kappa shape index (κ3) is 2.87. The van der Waals surface area contributed by atoms with E-state index >= 15 is 0 Å². The summed E-state index contributed by atoms with van der Waals surface area (Å²) >= 11 is 0. The Bertz CT molecular complexity index is 595. The van der Waals surface area contributed by atoms with Crippen molar-refractivity contribution >= 4 is 11.6 Å². The predicted molar refractivity (Wildman–Crippen MR) is 73.9 cm³/mol. The fourth-order valence-corrected chi connectivity index (χ4v) is 2.49. The van der Waals surface area contributed by atoms with Gasteiger partial charge < -0.3 is 5.32 Å². The van der Waals surface area contributed by atoms with Gasteiger partial charge >= 0.3 is 0 Å². The lowest BCUT2D eigenvalue weighted by Gasteiger charge is -2.06. The smallest absolute Gasteiger partial charge is 0.246 e. The Morgan fingerprint density at radius 2 is 2.00 bits per heavy atom. The molecule has 0 radical (unpaired) electrons. The molecule has 20 heavy (non-hydrogen) atoms. The molecule has 0 bridgehead atoms. The Labute approximate surface area is 116 Å². The summed E-state index contributed by atoms with van der Waals surface area (Å²) < 4.78 is 14.5. The fraction of sp³-hybridized carbons (Fsp3) is 0.333. The second kappa shape index (κ2) is 5.45. The highest BCUT2D eigenvalue weighted by atomic mass is 19.1. The van der Waals surface area contributed by atoms with Crippen LogP contribution >= 0.6 is 0 Å². The number of benzene rings is 1. The van der Waals surface area contributed by atoms with Crippen LogP contribution in [0, 0.1) is 5.82 Å². The average molecular weight is 273 g/mol. The summed E-state index contributed by atoms with van der Waals surface area (Å²) in [5.74, 6) is -0.473. The summed E-state index contributed by atoms with van der Waals surface area (Å²) in [6.45, 7) is 0.185. The zero-order valence-electron chi connectivity index (χ0n) is 11.1. The molecular weight excluding hydrogens is 257 g/mol. The van der Waals surface area contributed by atoms with E-state index in [-0.39, 0.29) is 18.3 Å². The van der Waals surface area contributed by atoms with Gasteiger partial charge in [0.15, 0.2) is 0 Å². The number of anilines is 1. The maximum absolute atomic E-state index is 12.8. The molecule has 3 rings (SSSR count). The van der Waals surface area contributed by atoms with Gasteiger partial charge in [-0.3, -0.25) is 9.48 Å². The maximum Gasteiger partial charge on any atom is 0.246 e. The summed E-state index contributed by atoms with van der Waals surface area (Å²) in [4.78, 5) is 11.9. The molecule has 1 N–H and O–H groups in total. The van der Waals surface area contributed by atoms with Gasteiger partial charge in [0.1, 0.15) is 12.4 Å². The van der Waals surface area contributed by atoms with Crippen molar-refractivity contribution in [3.8, 4) is 0 Å². The van der Waals surface area contributed by atoms with Crippen LogP contribution in [0.2, 0.25) is 0 Å². The van der Waals surface area contributed by atoms with Crippen molar-refractivity contribution in [2.45, 2.75) is 32.2 Å². The molecule has 1 heterocycles. The molecular formula is C15H16FN3O. The third-order valence-corrected chi connectivity index (χ3v) is 3.47. The van der Waals surface area contributed by atoms with Gasteiger partial charge in [-0.15, -0.1) is 0 Å². The van der Waals surface area contributed by atoms with Gasteiger partial charge in [0.05, 0.1) is 5.69 Å². The summed E-state index contributed by atoms with van der Waals surface area (Å²) in [6, 6.07) is 5.73. The van der Waals surface area contributed by atoms with E-state index < -0.39 is 0 Å². The molecule has 0 aliphatic heterocycles. The number of carbonyl (C=O) groups excluding carboxylic acids is 1. The average Bonchev–Trinajstić information content (AvgIpc) is 2.83. The van der Waals surface area contributed by atoms with E-state index in [1.807, 2.05) is 6.20 Å². The van der Waals surface area contributed by atoms with Crippen LogP contribution in [-0.2, 0) is 24.2 Å². The largest absolute Gasteiger partial charge is 0.324 e. The SMILES string of the molecule is O=C(Cn1cc2c(n1)CCCC2)Nc1ccc(F)cc1. The summed E-state index contributed by atoms with van der Waals surface area (Å²) in [5.41, 5.74) is 2.96. The molecule has 0 saturated heterocycles. The van der Waals surface area contributed by atoms with Crippen LogP contribution in [0.25, 0.3) is 0 Å². The predicted octanol–water partition coefficient (Wildman–Crippen LogP) is 2.54. The standard InChI is InChI=1S/C15H16FN3O/c16-12-5-7-13(8-6-12)17-15(20)10-19-9-11-3-1-2-4-14(11)18-19/h5-9H,1-4,10H2,(H,17,20). The van der Waals surface area contributed by atoms with Gasteiger partial charge in [-0.05, 0) is 55.5 Å². The van der Waals surface area contributed by atoms with Crippen LogP contribution in [-0.4, -0.2) is 15.7 Å². The maximum atomic E-state index is 12.8. The highest BCUT2D eigenvalue weighted by Crippen LogP contribution is 2.19. The highest BCUT2D eigenvalue weighted by molar-refractivity contribution is 5.90. The normalized spacial score (nSPS) is 13.8. The van der Waals surface area contributed by atoms with Crippen molar-refractivity contribution in [3.63, 3.8) is 0 Å². The van der Waals surface area contributed by atoms with Gasteiger partial charge in [-0.2, -0.15) is 5.10 Å². The van der Waals surface area contributed by atoms with Crippen LogP contribution in [0.15, 0.2) is 30.5 Å². The number of nitrogens with one attached hydrogen (secondary N) is 1. The van der Waals surface area contributed by atoms with Crippen molar-refractivity contribution < 1.29 is 9.18 Å². The molecule has 0 spiro atoms. The summed E-state index contributed by atoms with van der Waals surface area (Å²) in [6.07, 6.45) is 6.38. The first-order chi connectivity index (χ1) is 9.70. The number of hydrogen-bond acceptors (Lipinski definition) is 2. The fourth-order valence-electron chi connectivity index (χ4n) is 2.49. The molecule has 1 aliphatic carbocycles. The molecule has 0 fully saturated rings. The molecule has 4 nitrogen and oxygen atoms in total. The number of aromatic nitrogens is 2. The number of nitrogens with zero attached hydrogens (tertiary/aromatic N) is 2. The van der Waals surface area contributed by atoms with E-state index in [2.05, 4.69) is 10.4 Å². The van der Waals surface area contributed by atoms with E-state index in [1.54, 1.807) is 16.8 Å². The second-order valence-electron chi connectivity index (χ2n) is 5.06. The zero-order valence-corrected chi connectivity index (χ0v) is 11.1. The number of aryl methyl sites for hydroxylation is 2. The van der Waals surface area contributed by atoms with E-state index in [4.69, 9.17) is 0 Å². The van der Waals surface area contributed by atoms with Crippen LogP contribution in [0.1, 0.15) is 24.1 Å². The molecule has 2 aromatic rings. The lowest BCUT2D eigenvalue weighted by molar-refractivity contribution is -0.116. The number of amides is 1. The topological polar surface area (TPSA) is 46.9 Å². The van der Waals surface area contributed by atoms with Crippen molar-refractivity contribution in [3.05, 3.63) is 47.5 Å². The molecule has 0 saturated carbocycles. The van der Waals surface area contributed by atoms with Gasteiger partial charge in [-0.25, -0.2) is 4.39 Å². The van der Waals surface area contributed by atoms with E-state index in [0.29, 0.717) is 5.69 Å². The lowest BCUT2D eigenvalue weighted by Crippen LogP contribution is -2.19. The Hall–Kier alpha value is -2.17. The van der Waals surface area contributed by atoms with E-state index in [0.717, 1.165) is 18.5 Å². The van der Waals surface area contributed by atoms with Gasteiger partial charge in [0, 0.05) is 11.9 Å². The quantitative estimate of drug-likeness (QED) is 0.934. The second-order valence-corrected chi connectivity index (χ2v) is 5.06. The van der Waals surface area contributed by atoms with Crippen LogP contribution in [0.4, 0.5) is 10.1 Å². The first-order valence-electron chi connectivity index (χ1n) is 6.81. The molecule has 104 valence electrons. The van der Waals surface area contributed by atoms with Crippen LogP contribution < -0.4 is 5.32 Å². The molecule has 1 aromatic heterocycles. The Morgan fingerprint density at radius 3 is 2.75 bits per heavy atom. The third-order valence-electron chi connectivity index (χ3n) is 3.47. The van der Waals surface area contributed by atoms with Gasteiger partial charge in [-0.1, -0.05) is 0 Å². The summed E-state index contributed by atoms with van der Waals surface area (Å²) in [5, 5.41) is 7.17. The number of hydrogen-bond donors (Lipinski definition) is 1. The van der Waals surface area contributed by atoms with Gasteiger partial charge in [0.25, 0.3) is 0 Å². The van der Waals surface area contributed by atoms with Crippen molar-refractivity contribution in [2.75, 3.05) is 5.32 Å². The summed E-state index contributed by atoms with van der Waals surface area (Å²) in [7, 11) is 0. The highest BCUT2D eigenvalue weighted by Gasteiger charge is 2.14. The minimum Gasteiger partial charge on any atom is -0.324 e. The van der Waals surface area contributed by atoms with E-state index in [9.17, 15) is 9.18 Å². The molecule has 1 amide bonds. The molecule has 5 heteroatoms. The van der Waals surface area contributed by atoms with Crippen molar-refractivity contribution in [1.29, 1.82) is 0 Å². The monoisotopic (exact) mass is 273 g/mol.